The van der Waals surface area contributed by atoms with Crippen molar-refractivity contribution in [2.45, 2.75) is 38.6 Å². The van der Waals surface area contributed by atoms with E-state index < -0.39 is 23.5 Å². The number of esters is 1. The molecular formula is C14H16O4. The number of benzene rings is 1. The number of hydrogen-bond donors (Lipinski definition) is 0. The Bertz CT molecular complexity index is 458. The Labute approximate surface area is 106 Å². The first-order valence-corrected chi connectivity index (χ1v) is 5.86. The summed E-state index contributed by atoms with van der Waals surface area (Å²) in [6.07, 6.45) is -1.01. The first-order chi connectivity index (χ1) is 8.38. The molecule has 0 saturated carbocycles. The van der Waals surface area contributed by atoms with Crippen LogP contribution in [0.4, 0.5) is 0 Å². The van der Waals surface area contributed by atoms with Gasteiger partial charge in [0.05, 0.1) is 0 Å². The van der Waals surface area contributed by atoms with Crippen LogP contribution >= 0.6 is 0 Å². The Hall–Kier alpha value is -1.68. The summed E-state index contributed by atoms with van der Waals surface area (Å²) in [5.74, 6) is -1.44. The highest BCUT2D eigenvalue weighted by molar-refractivity contribution is 6.36. The van der Waals surface area contributed by atoms with Crippen molar-refractivity contribution in [3.63, 3.8) is 0 Å². The third kappa shape index (κ3) is 2.96. The van der Waals surface area contributed by atoms with E-state index in [1.165, 1.54) is 0 Å². The Morgan fingerprint density at radius 1 is 1.17 bits per heavy atom. The lowest BCUT2D eigenvalue weighted by molar-refractivity contribution is -0.162. The van der Waals surface area contributed by atoms with Crippen molar-refractivity contribution in [2.75, 3.05) is 0 Å². The highest BCUT2D eigenvalue weighted by Gasteiger charge is 2.49. The molecule has 1 fully saturated rings. The molecule has 1 aliphatic rings. The van der Waals surface area contributed by atoms with Crippen molar-refractivity contribution in [2.24, 2.45) is 0 Å². The first kappa shape index (κ1) is 12.8. The van der Waals surface area contributed by atoms with Crippen molar-refractivity contribution in [3.05, 3.63) is 35.9 Å². The molecule has 0 radical (unpaired) electrons. The molecule has 0 N–H and O–H groups in total. The Balaban J connectivity index is 1.96. The second-order valence-corrected chi connectivity index (χ2v) is 5.25. The van der Waals surface area contributed by atoms with Crippen LogP contribution in [0.1, 0.15) is 32.4 Å². The second kappa shape index (κ2) is 4.53. The van der Waals surface area contributed by atoms with Gasteiger partial charge in [0.2, 0.25) is 0 Å². The molecule has 0 aromatic heterocycles. The number of carbonyl (C=O) groups excluding carboxylic acids is 2. The van der Waals surface area contributed by atoms with Crippen LogP contribution in [-0.4, -0.2) is 23.5 Å². The van der Waals surface area contributed by atoms with Gasteiger partial charge in [-0.15, -0.1) is 0 Å². The quantitative estimate of drug-likeness (QED) is 0.466. The van der Waals surface area contributed by atoms with E-state index >= 15 is 0 Å². The number of ketones is 1. The van der Waals surface area contributed by atoms with Crippen molar-refractivity contribution >= 4 is 11.8 Å². The fraction of sp³-hybridized carbons (Fsp3) is 0.429. The number of carbonyl (C=O) groups is 2. The lowest BCUT2D eigenvalue weighted by Crippen LogP contribution is -2.31. The van der Waals surface area contributed by atoms with Gasteiger partial charge >= 0.3 is 5.97 Å². The van der Waals surface area contributed by atoms with Crippen LogP contribution in [0, 0.1) is 0 Å². The summed E-state index contributed by atoms with van der Waals surface area (Å²) in [6.45, 7) is 5.17. The Morgan fingerprint density at radius 2 is 1.78 bits per heavy atom. The van der Waals surface area contributed by atoms with Crippen LogP contribution in [0.2, 0.25) is 0 Å². The molecule has 0 aliphatic carbocycles. The van der Waals surface area contributed by atoms with E-state index in [0.717, 1.165) is 5.56 Å². The SMILES string of the molecule is CC(C)(C)OC(=O)C(=O)[C@H]1O[C@@H]1c1ccccc1. The summed E-state index contributed by atoms with van der Waals surface area (Å²) in [5, 5.41) is 0. The zero-order valence-electron chi connectivity index (χ0n) is 10.7. The van der Waals surface area contributed by atoms with Gasteiger partial charge in [0.1, 0.15) is 11.7 Å². The molecule has 1 aromatic rings. The summed E-state index contributed by atoms with van der Waals surface area (Å²) < 4.78 is 10.3. The summed E-state index contributed by atoms with van der Waals surface area (Å²) in [7, 11) is 0. The molecule has 0 unspecified atom stereocenters. The first-order valence-electron chi connectivity index (χ1n) is 5.86. The zero-order chi connectivity index (χ0) is 13.3. The minimum absolute atomic E-state index is 0.314. The molecule has 4 nitrogen and oxygen atoms in total. The maximum absolute atomic E-state index is 11.8. The molecule has 96 valence electrons. The van der Waals surface area contributed by atoms with Gasteiger partial charge in [-0.3, -0.25) is 4.79 Å². The number of ether oxygens (including phenoxy) is 2. The van der Waals surface area contributed by atoms with Crippen LogP contribution in [-0.2, 0) is 19.1 Å². The third-order valence-electron chi connectivity index (χ3n) is 2.48. The molecule has 0 spiro atoms. The van der Waals surface area contributed by atoms with Gasteiger partial charge in [-0.2, -0.15) is 0 Å². The monoisotopic (exact) mass is 248 g/mol. The van der Waals surface area contributed by atoms with E-state index in [2.05, 4.69) is 0 Å². The highest BCUT2D eigenvalue weighted by Crippen LogP contribution is 2.39. The molecule has 2 atom stereocenters. The maximum Gasteiger partial charge on any atom is 0.378 e. The van der Waals surface area contributed by atoms with E-state index in [0.29, 0.717) is 0 Å². The molecule has 1 aliphatic heterocycles. The molecular weight excluding hydrogens is 232 g/mol. The summed E-state index contributed by atoms with van der Waals surface area (Å²) in [4.78, 5) is 23.3. The van der Waals surface area contributed by atoms with Gasteiger partial charge in [-0.25, -0.2) is 4.79 Å². The Morgan fingerprint density at radius 3 is 2.33 bits per heavy atom. The lowest BCUT2D eigenvalue weighted by Gasteiger charge is -2.18. The van der Waals surface area contributed by atoms with Gasteiger partial charge in [-0.05, 0) is 26.3 Å². The zero-order valence-corrected chi connectivity index (χ0v) is 10.7. The lowest BCUT2D eigenvalue weighted by atomic mass is 10.1. The fourth-order valence-electron chi connectivity index (χ4n) is 1.65. The van der Waals surface area contributed by atoms with Crippen LogP contribution in [0.25, 0.3) is 0 Å². The standard InChI is InChI=1S/C14H16O4/c1-14(2,3)18-13(16)10(15)12-11(17-12)9-7-5-4-6-8-9/h4-8,11-12H,1-3H3/t11-,12-/m1/s1. The van der Waals surface area contributed by atoms with E-state index in [9.17, 15) is 9.59 Å². The van der Waals surface area contributed by atoms with Crippen LogP contribution in [0.15, 0.2) is 30.3 Å². The van der Waals surface area contributed by atoms with E-state index in [1.54, 1.807) is 20.8 Å². The van der Waals surface area contributed by atoms with Crippen molar-refractivity contribution < 1.29 is 19.1 Å². The van der Waals surface area contributed by atoms with E-state index in [1.807, 2.05) is 30.3 Å². The number of epoxide rings is 1. The maximum atomic E-state index is 11.8. The fourth-order valence-corrected chi connectivity index (χ4v) is 1.65. The van der Waals surface area contributed by atoms with Gasteiger partial charge < -0.3 is 9.47 Å². The Kier molecular flexibility index (Phi) is 3.22. The van der Waals surface area contributed by atoms with Crippen molar-refractivity contribution in [3.8, 4) is 0 Å². The summed E-state index contributed by atoms with van der Waals surface area (Å²) in [6, 6.07) is 9.36. The molecule has 2 rings (SSSR count). The average Bonchev–Trinajstić information content (AvgIpc) is 3.07. The number of rotatable bonds is 3. The van der Waals surface area contributed by atoms with E-state index in [4.69, 9.17) is 9.47 Å². The van der Waals surface area contributed by atoms with Gasteiger partial charge in [0, 0.05) is 0 Å². The molecule has 1 saturated heterocycles. The third-order valence-corrected chi connectivity index (χ3v) is 2.48. The molecule has 0 bridgehead atoms. The topological polar surface area (TPSA) is 55.9 Å². The molecule has 18 heavy (non-hydrogen) atoms. The molecule has 0 amide bonds. The van der Waals surface area contributed by atoms with Crippen molar-refractivity contribution in [1.82, 2.24) is 0 Å². The molecule has 4 heteroatoms. The van der Waals surface area contributed by atoms with Crippen molar-refractivity contribution in [1.29, 1.82) is 0 Å². The summed E-state index contributed by atoms with van der Waals surface area (Å²) in [5.41, 5.74) is 0.239. The molecule has 1 aromatic carbocycles. The highest BCUT2D eigenvalue weighted by atomic mass is 16.6. The van der Waals surface area contributed by atoms with Gasteiger partial charge in [0.25, 0.3) is 5.78 Å². The summed E-state index contributed by atoms with van der Waals surface area (Å²) >= 11 is 0. The van der Waals surface area contributed by atoms with Crippen LogP contribution in [0.5, 0.6) is 0 Å². The smallest absolute Gasteiger partial charge is 0.378 e. The predicted octanol–water partition coefficient (Wildman–Crippen LogP) is 2.04. The van der Waals surface area contributed by atoms with Crippen LogP contribution < -0.4 is 0 Å². The normalized spacial score (nSPS) is 22.4. The number of hydrogen-bond acceptors (Lipinski definition) is 4. The molecule has 1 heterocycles. The van der Waals surface area contributed by atoms with Crippen LogP contribution in [0.3, 0.4) is 0 Å². The van der Waals surface area contributed by atoms with Gasteiger partial charge in [-0.1, -0.05) is 30.3 Å². The minimum Gasteiger partial charge on any atom is -0.454 e. The van der Waals surface area contributed by atoms with E-state index in [-0.39, 0.29) is 6.10 Å². The average molecular weight is 248 g/mol. The van der Waals surface area contributed by atoms with Gasteiger partial charge in [0.15, 0.2) is 6.10 Å². The number of Topliss-reactive ketones (excluding diaryl/α,β-unsaturated/α-hetero) is 1. The largest absolute Gasteiger partial charge is 0.454 e. The predicted molar refractivity (Wildman–Crippen MR) is 64.9 cm³/mol. The second-order valence-electron chi connectivity index (χ2n) is 5.25. The minimum atomic E-state index is -0.828.